The summed E-state index contributed by atoms with van der Waals surface area (Å²) >= 11 is 6.28. The number of nitrogens with zero attached hydrogens (tertiary/aromatic N) is 1. The van der Waals surface area contributed by atoms with Gasteiger partial charge in [0.05, 0.1) is 0 Å². The van der Waals surface area contributed by atoms with E-state index in [4.69, 9.17) is 11.6 Å². The first-order valence-electron chi connectivity index (χ1n) is 6.72. The molecule has 0 saturated heterocycles. The molecule has 2 aromatic rings. The van der Waals surface area contributed by atoms with Crippen LogP contribution in [0.25, 0.3) is 0 Å². The highest BCUT2D eigenvalue weighted by Gasteiger charge is 2.08. The van der Waals surface area contributed by atoms with E-state index in [1.807, 2.05) is 13.1 Å². The van der Waals surface area contributed by atoms with E-state index in [0.29, 0.717) is 6.04 Å². The molecule has 0 fully saturated rings. The predicted molar refractivity (Wildman–Crippen MR) is 81.8 cm³/mol. The normalized spacial score (nSPS) is 12.6. The Morgan fingerprint density at radius 1 is 1.32 bits per heavy atom. The lowest BCUT2D eigenvalue weighted by atomic mass is 10.1. The van der Waals surface area contributed by atoms with Gasteiger partial charge in [-0.3, -0.25) is 0 Å². The zero-order chi connectivity index (χ0) is 13.8. The van der Waals surface area contributed by atoms with E-state index in [2.05, 4.69) is 54.3 Å². The Balaban J connectivity index is 2.15. The Kier molecular flexibility index (Phi) is 4.67. The number of hydrogen-bond acceptors (Lipinski definition) is 1. The maximum absolute atomic E-state index is 6.28. The molecule has 0 spiro atoms. The maximum Gasteiger partial charge on any atom is 0.0485 e. The van der Waals surface area contributed by atoms with E-state index < -0.39 is 0 Å². The summed E-state index contributed by atoms with van der Waals surface area (Å²) in [6.45, 7) is 5.07. The zero-order valence-corrected chi connectivity index (χ0v) is 12.5. The van der Waals surface area contributed by atoms with Crippen molar-refractivity contribution in [3.05, 3.63) is 58.4 Å². The molecule has 0 amide bonds. The Morgan fingerprint density at radius 3 is 2.74 bits per heavy atom. The van der Waals surface area contributed by atoms with E-state index in [0.717, 1.165) is 23.6 Å². The van der Waals surface area contributed by atoms with Crippen LogP contribution in [0, 0.1) is 6.92 Å². The lowest BCUT2D eigenvalue weighted by molar-refractivity contribution is 0.575. The van der Waals surface area contributed by atoms with Crippen molar-refractivity contribution in [3.63, 3.8) is 0 Å². The van der Waals surface area contributed by atoms with Crippen molar-refractivity contribution in [1.29, 1.82) is 0 Å². The van der Waals surface area contributed by atoms with Gasteiger partial charge >= 0.3 is 0 Å². The predicted octanol–water partition coefficient (Wildman–Crippen LogP) is 4.17. The number of aromatic nitrogens is 1. The molecular formula is C16H21ClN2. The Morgan fingerprint density at radius 2 is 2.11 bits per heavy atom. The van der Waals surface area contributed by atoms with Gasteiger partial charge in [-0.2, -0.15) is 0 Å². The molecule has 1 unspecified atom stereocenters. The van der Waals surface area contributed by atoms with Crippen LogP contribution in [-0.2, 0) is 6.54 Å². The fourth-order valence-electron chi connectivity index (χ4n) is 2.35. The molecule has 19 heavy (non-hydrogen) atoms. The van der Waals surface area contributed by atoms with Crippen molar-refractivity contribution >= 4 is 11.6 Å². The average Bonchev–Trinajstić information content (AvgIpc) is 2.83. The first-order valence-corrected chi connectivity index (χ1v) is 7.09. The van der Waals surface area contributed by atoms with Gasteiger partial charge in [0, 0.05) is 30.0 Å². The summed E-state index contributed by atoms with van der Waals surface area (Å²) in [4.78, 5) is 0. The molecule has 0 aliphatic heterocycles. The van der Waals surface area contributed by atoms with Crippen molar-refractivity contribution in [2.24, 2.45) is 0 Å². The molecule has 0 bridgehead atoms. The van der Waals surface area contributed by atoms with Crippen LogP contribution < -0.4 is 5.32 Å². The Bertz CT molecular complexity index is 541. The second-order valence-corrected chi connectivity index (χ2v) is 5.37. The van der Waals surface area contributed by atoms with E-state index in [-0.39, 0.29) is 0 Å². The second kappa shape index (κ2) is 6.27. The summed E-state index contributed by atoms with van der Waals surface area (Å²) in [5.41, 5.74) is 3.68. The standard InChI is InChI=1S/C16H21ClN2/c1-4-16(18-3)14-7-8-19(11-14)10-13-6-5-12(2)9-15(13)17/h5-9,11,16,18H,4,10H2,1-3H3. The van der Waals surface area contributed by atoms with Crippen molar-refractivity contribution in [2.45, 2.75) is 32.9 Å². The monoisotopic (exact) mass is 276 g/mol. The molecule has 3 heteroatoms. The van der Waals surface area contributed by atoms with Crippen molar-refractivity contribution in [3.8, 4) is 0 Å². The third-order valence-corrected chi connectivity index (χ3v) is 3.85. The van der Waals surface area contributed by atoms with Crippen LogP contribution in [0.2, 0.25) is 5.02 Å². The summed E-state index contributed by atoms with van der Waals surface area (Å²) in [5, 5.41) is 4.17. The minimum absolute atomic E-state index is 0.426. The average molecular weight is 277 g/mol. The molecule has 1 aromatic carbocycles. The third-order valence-electron chi connectivity index (χ3n) is 3.49. The summed E-state index contributed by atoms with van der Waals surface area (Å²) in [6.07, 6.45) is 5.40. The summed E-state index contributed by atoms with van der Waals surface area (Å²) < 4.78 is 2.19. The van der Waals surface area contributed by atoms with Crippen molar-refractivity contribution in [2.75, 3.05) is 7.05 Å². The fraction of sp³-hybridized carbons (Fsp3) is 0.375. The van der Waals surface area contributed by atoms with Crippen molar-refractivity contribution < 1.29 is 0 Å². The lowest BCUT2D eigenvalue weighted by Crippen LogP contribution is -2.14. The second-order valence-electron chi connectivity index (χ2n) is 4.96. The minimum atomic E-state index is 0.426. The van der Waals surface area contributed by atoms with Crippen LogP contribution in [-0.4, -0.2) is 11.6 Å². The molecule has 0 radical (unpaired) electrons. The molecule has 1 atom stereocenters. The number of halogens is 1. The van der Waals surface area contributed by atoms with Crippen LogP contribution in [0.5, 0.6) is 0 Å². The summed E-state index contributed by atoms with van der Waals surface area (Å²) in [7, 11) is 2.00. The summed E-state index contributed by atoms with van der Waals surface area (Å²) in [5.74, 6) is 0. The highest BCUT2D eigenvalue weighted by molar-refractivity contribution is 6.31. The Hall–Kier alpha value is -1.25. The molecule has 2 rings (SSSR count). The molecule has 0 aliphatic rings. The van der Waals surface area contributed by atoms with Gasteiger partial charge in [0.15, 0.2) is 0 Å². The molecule has 102 valence electrons. The van der Waals surface area contributed by atoms with Gasteiger partial charge in [0.25, 0.3) is 0 Å². The van der Waals surface area contributed by atoms with Gasteiger partial charge in [-0.05, 0) is 49.2 Å². The maximum atomic E-state index is 6.28. The molecule has 0 aliphatic carbocycles. The van der Waals surface area contributed by atoms with E-state index in [1.54, 1.807) is 0 Å². The number of nitrogens with one attached hydrogen (secondary N) is 1. The smallest absolute Gasteiger partial charge is 0.0485 e. The van der Waals surface area contributed by atoms with Crippen molar-refractivity contribution in [1.82, 2.24) is 9.88 Å². The van der Waals surface area contributed by atoms with Crippen LogP contribution in [0.1, 0.15) is 36.1 Å². The topological polar surface area (TPSA) is 17.0 Å². The van der Waals surface area contributed by atoms with E-state index >= 15 is 0 Å². The van der Waals surface area contributed by atoms with Gasteiger partial charge in [-0.1, -0.05) is 30.7 Å². The molecule has 1 N–H and O–H groups in total. The number of aryl methyl sites for hydroxylation is 1. The minimum Gasteiger partial charge on any atom is -0.350 e. The van der Waals surface area contributed by atoms with E-state index in [1.165, 1.54) is 11.1 Å². The number of benzene rings is 1. The SMILES string of the molecule is CCC(NC)c1ccn(Cc2ccc(C)cc2Cl)c1. The molecule has 1 heterocycles. The fourth-order valence-corrected chi connectivity index (χ4v) is 2.64. The van der Waals surface area contributed by atoms with Crippen LogP contribution in [0.15, 0.2) is 36.7 Å². The number of rotatable bonds is 5. The summed E-state index contributed by atoms with van der Waals surface area (Å²) in [6, 6.07) is 8.83. The van der Waals surface area contributed by atoms with Gasteiger partial charge in [-0.25, -0.2) is 0 Å². The highest BCUT2D eigenvalue weighted by Crippen LogP contribution is 2.21. The highest BCUT2D eigenvalue weighted by atomic mass is 35.5. The van der Waals surface area contributed by atoms with Gasteiger partial charge in [0.1, 0.15) is 0 Å². The van der Waals surface area contributed by atoms with Crippen LogP contribution in [0.3, 0.4) is 0 Å². The van der Waals surface area contributed by atoms with E-state index in [9.17, 15) is 0 Å². The Labute approximate surface area is 120 Å². The van der Waals surface area contributed by atoms with Crippen LogP contribution in [0.4, 0.5) is 0 Å². The first kappa shape index (κ1) is 14.2. The van der Waals surface area contributed by atoms with Gasteiger partial charge < -0.3 is 9.88 Å². The largest absolute Gasteiger partial charge is 0.350 e. The number of hydrogen-bond donors (Lipinski definition) is 1. The van der Waals surface area contributed by atoms with Gasteiger partial charge in [-0.15, -0.1) is 0 Å². The van der Waals surface area contributed by atoms with Gasteiger partial charge in [0.2, 0.25) is 0 Å². The van der Waals surface area contributed by atoms with Crippen LogP contribution >= 0.6 is 11.6 Å². The third kappa shape index (κ3) is 3.40. The molecular weight excluding hydrogens is 256 g/mol. The first-order chi connectivity index (χ1) is 9.13. The molecule has 0 saturated carbocycles. The molecule has 2 nitrogen and oxygen atoms in total. The lowest BCUT2D eigenvalue weighted by Gasteiger charge is -2.11. The molecule has 1 aromatic heterocycles. The quantitative estimate of drug-likeness (QED) is 0.867. The zero-order valence-electron chi connectivity index (χ0n) is 11.8.